The Morgan fingerprint density at radius 2 is 1.88 bits per heavy atom. The Hall–Kier alpha value is -1.54. The molecular weight excluding hydrogens is 239 g/mol. The molecule has 0 heterocycles. The predicted octanol–water partition coefficient (Wildman–Crippen LogP) is 4.24. The van der Waals surface area contributed by atoms with Crippen LogP contribution in [0.1, 0.15) is 11.1 Å². The molecule has 87 valence electrons. The van der Waals surface area contributed by atoms with Crippen molar-refractivity contribution in [3.8, 4) is 5.75 Å². The molecule has 0 N–H and O–H groups in total. The fourth-order valence-corrected chi connectivity index (χ4v) is 1.68. The summed E-state index contributed by atoms with van der Waals surface area (Å²) in [6, 6.07) is 11.9. The molecule has 0 bridgehead atoms. The highest BCUT2D eigenvalue weighted by atomic mass is 35.5. The number of hydrogen-bond acceptors (Lipinski definition) is 1. The van der Waals surface area contributed by atoms with E-state index in [0.29, 0.717) is 16.3 Å². The summed E-state index contributed by atoms with van der Waals surface area (Å²) in [6.07, 6.45) is 0. The van der Waals surface area contributed by atoms with Crippen LogP contribution in [-0.4, -0.2) is 0 Å². The molecule has 0 amide bonds. The monoisotopic (exact) mass is 249 g/mol. The summed E-state index contributed by atoms with van der Waals surface area (Å²) in [5.74, 6) is 0.269. The van der Waals surface area contributed by atoms with E-state index in [2.05, 4.69) is 6.92 Å². The predicted molar refractivity (Wildman–Crippen MR) is 66.6 cm³/mol. The van der Waals surface area contributed by atoms with Crippen molar-refractivity contribution in [3.05, 3.63) is 71.4 Å². The molecule has 0 aliphatic heterocycles. The Kier molecular flexibility index (Phi) is 3.64. The second-order valence-corrected chi connectivity index (χ2v) is 4.00. The van der Waals surface area contributed by atoms with Gasteiger partial charge in [-0.2, -0.15) is 0 Å². The van der Waals surface area contributed by atoms with E-state index in [4.69, 9.17) is 16.3 Å². The summed E-state index contributed by atoms with van der Waals surface area (Å²) in [6.45, 7) is 3.92. The number of benzene rings is 2. The van der Waals surface area contributed by atoms with Crippen molar-refractivity contribution in [3.63, 3.8) is 0 Å². The number of hydrogen-bond donors (Lipinski definition) is 0. The summed E-state index contributed by atoms with van der Waals surface area (Å²) in [5.41, 5.74) is 1.12. The van der Waals surface area contributed by atoms with E-state index in [-0.39, 0.29) is 12.4 Å². The van der Waals surface area contributed by atoms with Crippen LogP contribution in [0.25, 0.3) is 0 Å². The zero-order valence-corrected chi connectivity index (χ0v) is 9.88. The minimum Gasteiger partial charge on any atom is -0.488 e. The van der Waals surface area contributed by atoms with Crippen molar-refractivity contribution >= 4 is 11.6 Å². The summed E-state index contributed by atoms with van der Waals surface area (Å²) in [7, 11) is 0. The second-order valence-electron chi connectivity index (χ2n) is 3.60. The van der Waals surface area contributed by atoms with Crippen LogP contribution in [0.2, 0.25) is 5.02 Å². The maximum absolute atomic E-state index is 13.5. The van der Waals surface area contributed by atoms with Crippen LogP contribution < -0.4 is 4.74 Å². The standard InChI is InChI=1S/C14H11ClFO/c1-10-5-2-3-8-14(10)17-9-11-12(15)6-4-7-13(11)16/h2-8H,1,9H2. The molecule has 0 saturated heterocycles. The van der Waals surface area contributed by atoms with Gasteiger partial charge in [-0.3, -0.25) is 0 Å². The highest BCUT2D eigenvalue weighted by Crippen LogP contribution is 2.23. The molecule has 0 unspecified atom stereocenters. The molecule has 0 aromatic heterocycles. The summed E-state index contributed by atoms with van der Waals surface area (Å²) in [4.78, 5) is 0. The van der Waals surface area contributed by atoms with E-state index < -0.39 is 0 Å². The third-order valence-corrected chi connectivity index (χ3v) is 2.76. The van der Waals surface area contributed by atoms with Gasteiger partial charge in [-0.05, 0) is 30.7 Å². The van der Waals surface area contributed by atoms with E-state index in [1.165, 1.54) is 6.07 Å². The molecule has 2 aromatic carbocycles. The highest BCUT2D eigenvalue weighted by Gasteiger charge is 2.08. The van der Waals surface area contributed by atoms with Crippen LogP contribution in [0.4, 0.5) is 4.39 Å². The number of halogens is 2. The van der Waals surface area contributed by atoms with Gasteiger partial charge < -0.3 is 4.74 Å². The molecule has 0 aliphatic carbocycles. The van der Waals surface area contributed by atoms with Crippen LogP contribution in [0.3, 0.4) is 0 Å². The summed E-state index contributed by atoms with van der Waals surface area (Å²) in [5, 5.41) is 0.367. The van der Waals surface area contributed by atoms with Gasteiger partial charge in [0, 0.05) is 5.56 Å². The molecule has 0 atom stereocenters. The number of rotatable bonds is 3. The molecule has 0 spiro atoms. The van der Waals surface area contributed by atoms with Gasteiger partial charge in [0.15, 0.2) is 0 Å². The molecule has 3 heteroatoms. The average molecular weight is 250 g/mol. The first kappa shape index (κ1) is 11.9. The first-order valence-electron chi connectivity index (χ1n) is 5.15. The molecule has 1 radical (unpaired) electrons. The van der Waals surface area contributed by atoms with Crippen LogP contribution in [0.5, 0.6) is 5.75 Å². The van der Waals surface area contributed by atoms with Crippen LogP contribution in [-0.2, 0) is 6.61 Å². The molecule has 0 aliphatic rings. The summed E-state index contributed by atoms with van der Waals surface area (Å²) < 4.78 is 19.0. The van der Waals surface area contributed by atoms with Gasteiger partial charge >= 0.3 is 0 Å². The molecule has 2 rings (SSSR count). The lowest BCUT2D eigenvalue weighted by Crippen LogP contribution is -2.00. The first-order valence-corrected chi connectivity index (χ1v) is 5.53. The third-order valence-electron chi connectivity index (χ3n) is 2.41. The van der Waals surface area contributed by atoms with Crippen molar-refractivity contribution in [2.24, 2.45) is 0 Å². The normalized spacial score (nSPS) is 10.3. The molecule has 0 saturated carbocycles. The van der Waals surface area contributed by atoms with Crippen molar-refractivity contribution in [2.45, 2.75) is 6.61 Å². The first-order chi connectivity index (χ1) is 8.18. The minimum atomic E-state index is -0.362. The SMILES string of the molecule is [CH2]c1ccccc1OCc1c(F)cccc1Cl. The smallest absolute Gasteiger partial charge is 0.131 e. The van der Waals surface area contributed by atoms with Gasteiger partial charge in [0.25, 0.3) is 0 Å². The fourth-order valence-electron chi connectivity index (χ4n) is 1.46. The fraction of sp³-hybridized carbons (Fsp3) is 0.0714. The Bertz CT molecular complexity index is 505. The van der Waals surface area contributed by atoms with Gasteiger partial charge in [-0.1, -0.05) is 35.9 Å². The van der Waals surface area contributed by atoms with Gasteiger partial charge in [0.2, 0.25) is 0 Å². The zero-order chi connectivity index (χ0) is 12.3. The Labute approximate surface area is 105 Å². The Morgan fingerprint density at radius 3 is 2.59 bits per heavy atom. The molecular formula is C14H11ClFO. The lowest BCUT2D eigenvalue weighted by Gasteiger charge is -2.10. The van der Waals surface area contributed by atoms with Crippen molar-refractivity contribution in [1.29, 1.82) is 0 Å². The van der Waals surface area contributed by atoms with Gasteiger partial charge in [0.1, 0.15) is 18.2 Å². The Balaban J connectivity index is 2.16. The maximum Gasteiger partial charge on any atom is 0.131 e. The lowest BCUT2D eigenvalue weighted by atomic mass is 10.2. The maximum atomic E-state index is 13.5. The van der Waals surface area contributed by atoms with Crippen molar-refractivity contribution in [2.75, 3.05) is 0 Å². The van der Waals surface area contributed by atoms with Crippen LogP contribution >= 0.6 is 11.6 Å². The molecule has 17 heavy (non-hydrogen) atoms. The van der Waals surface area contributed by atoms with Crippen molar-refractivity contribution in [1.82, 2.24) is 0 Å². The summed E-state index contributed by atoms with van der Waals surface area (Å²) >= 11 is 5.90. The van der Waals surface area contributed by atoms with E-state index in [9.17, 15) is 4.39 Å². The van der Waals surface area contributed by atoms with Crippen LogP contribution in [0, 0.1) is 12.7 Å². The van der Waals surface area contributed by atoms with E-state index >= 15 is 0 Å². The number of ether oxygens (including phenoxy) is 1. The zero-order valence-electron chi connectivity index (χ0n) is 9.12. The van der Waals surface area contributed by atoms with E-state index in [0.717, 1.165) is 5.56 Å². The minimum absolute atomic E-state index is 0.0953. The Morgan fingerprint density at radius 1 is 1.12 bits per heavy atom. The quantitative estimate of drug-likeness (QED) is 0.791. The topological polar surface area (TPSA) is 9.23 Å². The largest absolute Gasteiger partial charge is 0.488 e. The molecule has 1 nitrogen and oxygen atoms in total. The average Bonchev–Trinajstić information content (AvgIpc) is 2.30. The molecule has 0 fully saturated rings. The van der Waals surface area contributed by atoms with Gasteiger partial charge in [-0.25, -0.2) is 4.39 Å². The third kappa shape index (κ3) is 2.77. The molecule has 2 aromatic rings. The van der Waals surface area contributed by atoms with E-state index in [1.807, 2.05) is 18.2 Å². The van der Waals surface area contributed by atoms with E-state index in [1.54, 1.807) is 18.2 Å². The van der Waals surface area contributed by atoms with Crippen LogP contribution in [0.15, 0.2) is 42.5 Å². The number of para-hydroxylation sites is 1. The second kappa shape index (κ2) is 5.19. The van der Waals surface area contributed by atoms with Crippen molar-refractivity contribution < 1.29 is 9.13 Å². The van der Waals surface area contributed by atoms with Gasteiger partial charge in [-0.15, -0.1) is 0 Å². The van der Waals surface area contributed by atoms with Gasteiger partial charge in [0.05, 0.1) is 5.02 Å². The highest BCUT2D eigenvalue weighted by molar-refractivity contribution is 6.31. The lowest BCUT2D eigenvalue weighted by molar-refractivity contribution is 0.299.